The average molecular weight is 472 g/mol. The standard InChI is InChI=1S/C17H9Cl3N4O4S/c18-7-5-8(19)11(9(20)6-7)14(26)24-15-12(23-16(29-15)13(21)25)17(27)28-10-3-1-2-4-22-10/h1-6H,(H2,21,25)(H,24,26). The number of benzene rings is 1. The number of pyridine rings is 1. The van der Waals surface area contributed by atoms with E-state index in [1.165, 1.54) is 24.4 Å². The van der Waals surface area contributed by atoms with Gasteiger partial charge < -0.3 is 15.8 Å². The minimum absolute atomic E-state index is 0.00254. The number of thiazole rings is 1. The van der Waals surface area contributed by atoms with Gasteiger partial charge in [-0.15, -0.1) is 0 Å². The summed E-state index contributed by atoms with van der Waals surface area (Å²) in [6, 6.07) is 7.36. The molecule has 3 aromatic rings. The summed E-state index contributed by atoms with van der Waals surface area (Å²) < 4.78 is 5.11. The Balaban J connectivity index is 1.93. The molecular weight excluding hydrogens is 463 g/mol. The molecule has 8 nitrogen and oxygen atoms in total. The van der Waals surface area contributed by atoms with E-state index in [2.05, 4.69) is 15.3 Å². The molecular formula is C17H9Cl3N4O4S. The van der Waals surface area contributed by atoms with Crippen LogP contribution in [0.3, 0.4) is 0 Å². The van der Waals surface area contributed by atoms with Crippen LogP contribution in [0.4, 0.5) is 5.00 Å². The van der Waals surface area contributed by atoms with Gasteiger partial charge in [0.15, 0.2) is 10.7 Å². The van der Waals surface area contributed by atoms with Gasteiger partial charge in [-0.2, -0.15) is 0 Å². The fourth-order valence-electron chi connectivity index (χ4n) is 2.12. The molecule has 3 rings (SSSR count). The maximum atomic E-state index is 12.7. The van der Waals surface area contributed by atoms with Crippen LogP contribution in [0.15, 0.2) is 36.5 Å². The maximum Gasteiger partial charge on any atom is 0.366 e. The molecule has 2 amide bonds. The molecule has 0 bridgehead atoms. The maximum absolute atomic E-state index is 12.7. The highest BCUT2D eigenvalue weighted by Gasteiger charge is 2.26. The molecule has 0 spiro atoms. The minimum atomic E-state index is -0.948. The van der Waals surface area contributed by atoms with Gasteiger partial charge in [0.05, 0.1) is 15.6 Å². The van der Waals surface area contributed by atoms with Crippen molar-refractivity contribution >= 4 is 68.9 Å². The number of rotatable bonds is 5. The molecule has 2 aromatic heterocycles. The number of halogens is 3. The van der Waals surface area contributed by atoms with Crippen molar-refractivity contribution in [2.75, 3.05) is 5.32 Å². The molecule has 0 aliphatic heterocycles. The predicted octanol–water partition coefficient (Wildman–Crippen LogP) is 4.07. The number of primary amides is 1. The van der Waals surface area contributed by atoms with Gasteiger partial charge in [0.25, 0.3) is 11.8 Å². The molecule has 0 saturated heterocycles. The van der Waals surface area contributed by atoms with Gasteiger partial charge in [-0.1, -0.05) is 52.2 Å². The van der Waals surface area contributed by atoms with Crippen molar-refractivity contribution < 1.29 is 19.1 Å². The largest absolute Gasteiger partial charge is 0.403 e. The quantitative estimate of drug-likeness (QED) is 0.541. The van der Waals surface area contributed by atoms with Gasteiger partial charge in [-0.25, -0.2) is 14.8 Å². The van der Waals surface area contributed by atoms with Gasteiger partial charge in [0, 0.05) is 17.3 Å². The first-order chi connectivity index (χ1) is 13.8. The molecule has 0 aliphatic rings. The Morgan fingerprint density at radius 3 is 2.38 bits per heavy atom. The lowest BCUT2D eigenvalue weighted by Crippen LogP contribution is -2.17. The summed E-state index contributed by atoms with van der Waals surface area (Å²) in [7, 11) is 0. The molecule has 148 valence electrons. The lowest BCUT2D eigenvalue weighted by Gasteiger charge is -2.08. The van der Waals surface area contributed by atoms with Crippen molar-refractivity contribution in [3.63, 3.8) is 0 Å². The van der Waals surface area contributed by atoms with Crippen LogP contribution >= 0.6 is 46.1 Å². The summed E-state index contributed by atoms with van der Waals surface area (Å²) in [6.07, 6.45) is 1.42. The molecule has 29 heavy (non-hydrogen) atoms. The number of ether oxygens (including phenoxy) is 1. The molecule has 0 fully saturated rings. The first kappa shape index (κ1) is 21.0. The van der Waals surface area contributed by atoms with Gasteiger partial charge >= 0.3 is 5.97 Å². The Hall–Kier alpha value is -2.72. The van der Waals surface area contributed by atoms with Gasteiger partial charge in [-0.05, 0) is 18.2 Å². The number of hydrogen-bond donors (Lipinski definition) is 2. The van der Waals surface area contributed by atoms with E-state index >= 15 is 0 Å². The van der Waals surface area contributed by atoms with E-state index in [9.17, 15) is 14.4 Å². The summed E-state index contributed by atoms with van der Waals surface area (Å²) in [5, 5.41) is 2.40. The summed E-state index contributed by atoms with van der Waals surface area (Å²) >= 11 is 18.6. The zero-order chi connectivity index (χ0) is 21.1. The fraction of sp³-hybridized carbons (Fsp3) is 0. The Kier molecular flexibility index (Phi) is 6.33. The Bertz CT molecular complexity index is 1100. The third-order valence-electron chi connectivity index (χ3n) is 3.33. The molecule has 3 N–H and O–H groups in total. The van der Waals surface area contributed by atoms with Crippen molar-refractivity contribution in [2.24, 2.45) is 5.73 Å². The van der Waals surface area contributed by atoms with Crippen LogP contribution in [0, 0.1) is 0 Å². The SMILES string of the molecule is NC(=O)c1nc(C(=O)Oc2ccccn2)c(NC(=O)c2c(Cl)cc(Cl)cc2Cl)s1. The third-order valence-corrected chi connectivity index (χ3v) is 5.13. The third kappa shape index (κ3) is 4.83. The molecule has 1 aromatic carbocycles. The second kappa shape index (κ2) is 8.75. The van der Waals surface area contributed by atoms with Crippen LogP contribution in [0.2, 0.25) is 15.1 Å². The van der Waals surface area contributed by atoms with Crippen molar-refractivity contribution in [3.8, 4) is 5.88 Å². The number of aromatic nitrogens is 2. The number of anilines is 1. The van der Waals surface area contributed by atoms with Crippen LogP contribution in [-0.2, 0) is 0 Å². The van der Waals surface area contributed by atoms with E-state index in [1.54, 1.807) is 12.1 Å². The molecule has 0 unspecified atom stereocenters. The van der Waals surface area contributed by atoms with Crippen molar-refractivity contribution in [3.05, 3.63) is 67.9 Å². The zero-order valence-electron chi connectivity index (χ0n) is 14.1. The van der Waals surface area contributed by atoms with E-state index in [4.69, 9.17) is 45.3 Å². The molecule has 2 heterocycles. The highest BCUT2D eigenvalue weighted by molar-refractivity contribution is 7.18. The summed E-state index contributed by atoms with van der Waals surface area (Å²) in [5.74, 6) is -2.57. The van der Waals surface area contributed by atoms with E-state index in [1.807, 2.05) is 0 Å². The molecule has 0 atom stereocenters. The normalized spacial score (nSPS) is 10.4. The van der Waals surface area contributed by atoms with Crippen molar-refractivity contribution in [1.82, 2.24) is 9.97 Å². The van der Waals surface area contributed by atoms with Crippen LogP contribution in [0.25, 0.3) is 0 Å². The van der Waals surface area contributed by atoms with Crippen LogP contribution in [0.1, 0.15) is 30.6 Å². The fourth-order valence-corrected chi connectivity index (χ4v) is 3.91. The number of esters is 1. The Morgan fingerprint density at radius 2 is 1.79 bits per heavy atom. The van der Waals surface area contributed by atoms with Crippen LogP contribution in [-0.4, -0.2) is 27.8 Å². The van der Waals surface area contributed by atoms with E-state index in [0.29, 0.717) is 11.3 Å². The lowest BCUT2D eigenvalue weighted by molar-refractivity contribution is 0.0723. The van der Waals surface area contributed by atoms with Gasteiger partial charge in [0.2, 0.25) is 5.88 Å². The highest BCUT2D eigenvalue weighted by Crippen LogP contribution is 2.32. The van der Waals surface area contributed by atoms with E-state index in [-0.39, 0.29) is 42.2 Å². The van der Waals surface area contributed by atoms with E-state index in [0.717, 1.165) is 0 Å². The van der Waals surface area contributed by atoms with Crippen LogP contribution in [0.5, 0.6) is 5.88 Å². The molecule has 12 heteroatoms. The molecule has 0 radical (unpaired) electrons. The average Bonchev–Trinajstić information content (AvgIpc) is 3.06. The Labute approximate surface area is 182 Å². The summed E-state index contributed by atoms with van der Waals surface area (Å²) in [6.45, 7) is 0. The van der Waals surface area contributed by atoms with Crippen molar-refractivity contribution in [1.29, 1.82) is 0 Å². The summed E-state index contributed by atoms with van der Waals surface area (Å²) in [4.78, 5) is 44.3. The molecule has 0 aliphatic carbocycles. The zero-order valence-corrected chi connectivity index (χ0v) is 17.2. The predicted molar refractivity (Wildman–Crippen MR) is 109 cm³/mol. The first-order valence-corrected chi connectivity index (χ1v) is 9.61. The summed E-state index contributed by atoms with van der Waals surface area (Å²) in [5.41, 5.74) is 4.83. The number of hydrogen-bond acceptors (Lipinski definition) is 7. The second-order valence-corrected chi connectivity index (χ2v) is 7.57. The number of nitrogens with one attached hydrogen (secondary N) is 1. The Morgan fingerprint density at radius 1 is 1.10 bits per heavy atom. The highest BCUT2D eigenvalue weighted by atomic mass is 35.5. The first-order valence-electron chi connectivity index (χ1n) is 7.66. The number of nitrogens with two attached hydrogens (primary N) is 1. The topological polar surface area (TPSA) is 124 Å². The molecule has 0 saturated carbocycles. The minimum Gasteiger partial charge on any atom is -0.403 e. The number of carbonyl (C=O) groups excluding carboxylic acids is 3. The van der Waals surface area contributed by atoms with Crippen LogP contribution < -0.4 is 15.8 Å². The van der Waals surface area contributed by atoms with Gasteiger partial charge in [0.1, 0.15) is 5.00 Å². The monoisotopic (exact) mass is 470 g/mol. The number of nitrogens with zero attached hydrogens (tertiary/aromatic N) is 2. The van der Waals surface area contributed by atoms with Gasteiger partial charge in [-0.3, -0.25) is 9.59 Å². The second-order valence-electron chi connectivity index (χ2n) is 5.32. The number of carbonyl (C=O) groups is 3. The van der Waals surface area contributed by atoms with Crippen molar-refractivity contribution in [2.45, 2.75) is 0 Å². The smallest absolute Gasteiger partial charge is 0.366 e. The van der Waals surface area contributed by atoms with E-state index < -0.39 is 17.8 Å². The number of amides is 2. The lowest BCUT2D eigenvalue weighted by atomic mass is 10.2.